The molecule has 1 aromatic heterocycles. The molecule has 0 amide bonds. The molecular weight excluding hydrogens is 252 g/mol. The topological polar surface area (TPSA) is 44.1 Å². The van der Waals surface area contributed by atoms with Gasteiger partial charge in [0.2, 0.25) is 5.75 Å². The third kappa shape index (κ3) is 2.54. The molecule has 0 aliphatic rings. The molecule has 1 heterocycles. The second kappa shape index (κ2) is 5.69. The largest absolute Gasteiger partial charge is 0.487 e. The first-order valence-corrected chi connectivity index (χ1v) is 6.08. The minimum absolute atomic E-state index is 0.150. The van der Waals surface area contributed by atoms with Crippen LogP contribution in [0.25, 0.3) is 5.69 Å². The van der Waals surface area contributed by atoms with E-state index < -0.39 is 0 Å². The Hall–Kier alpha value is -1.81. The number of ether oxygens (including phenoxy) is 1. The molecule has 0 bridgehead atoms. The van der Waals surface area contributed by atoms with Crippen LogP contribution in [0.2, 0.25) is 5.02 Å². The molecule has 0 saturated heterocycles. The van der Waals surface area contributed by atoms with E-state index in [1.54, 1.807) is 12.1 Å². The van der Waals surface area contributed by atoms with Gasteiger partial charge in [-0.3, -0.25) is 4.79 Å². The third-order valence-electron chi connectivity index (χ3n) is 2.34. The minimum Gasteiger partial charge on any atom is -0.487 e. The Morgan fingerprint density at radius 2 is 2.06 bits per heavy atom. The highest BCUT2D eigenvalue weighted by Gasteiger charge is 2.12. The van der Waals surface area contributed by atoms with E-state index in [9.17, 15) is 4.79 Å². The number of aromatic nitrogens is 2. The highest BCUT2D eigenvalue weighted by Crippen LogP contribution is 2.18. The quantitative estimate of drug-likeness (QED) is 0.853. The van der Waals surface area contributed by atoms with Gasteiger partial charge >= 0.3 is 5.56 Å². The van der Waals surface area contributed by atoms with Crippen LogP contribution in [0.3, 0.4) is 0 Å². The molecule has 5 heteroatoms. The summed E-state index contributed by atoms with van der Waals surface area (Å²) in [5, 5.41) is 4.25. The molecule has 0 N–H and O–H groups in total. The van der Waals surface area contributed by atoms with Gasteiger partial charge < -0.3 is 4.74 Å². The van der Waals surface area contributed by atoms with Crippen molar-refractivity contribution in [3.8, 4) is 11.4 Å². The number of benzene rings is 1. The van der Waals surface area contributed by atoms with Crippen LogP contribution in [0.15, 0.2) is 41.3 Å². The fourth-order valence-electron chi connectivity index (χ4n) is 1.51. The lowest BCUT2D eigenvalue weighted by Crippen LogP contribution is -2.23. The first-order valence-electron chi connectivity index (χ1n) is 5.70. The Balaban J connectivity index is 2.48. The Kier molecular flexibility index (Phi) is 3.99. The van der Waals surface area contributed by atoms with Crippen LogP contribution in [-0.4, -0.2) is 16.4 Å². The average Bonchev–Trinajstić information content (AvgIpc) is 2.40. The minimum atomic E-state index is -0.345. The molecular formula is C13H13ClN2O2. The molecule has 2 aromatic rings. The Bertz CT molecular complexity index is 581. The summed E-state index contributed by atoms with van der Waals surface area (Å²) in [7, 11) is 0. The Morgan fingerprint density at radius 3 is 2.72 bits per heavy atom. The number of nitrogens with zero attached hydrogens (tertiary/aromatic N) is 2. The van der Waals surface area contributed by atoms with Gasteiger partial charge in [0, 0.05) is 0 Å². The van der Waals surface area contributed by atoms with Gasteiger partial charge in [0.1, 0.15) is 5.02 Å². The van der Waals surface area contributed by atoms with E-state index >= 15 is 0 Å². The summed E-state index contributed by atoms with van der Waals surface area (Å²) in [4.78, 5) is 12.2. The third-order valence-corrected chi connectivity index (χ3v) is 2.61. The molecule has 0 saturated carbocycles. The summed E-state index contributed by atoms with van der Waals surface area (Å²) >= 11 is 5.92. The predicted octanol–water partition coefficient (Wildman–Crippen LogP) is 2.67. The predicted molar refractivity (Wildman–Crippen MR) is 70.6 cm³/mol. The van der Waals surface area contributed by atoms with Crippen LogP contribution in [0.4, 0.5) is 0 Å². The van der Waals surface area contributed by atoms with Crippen molar-refractivity contribution in [3.63, 3.8) is 0 Å². The van der Waals surface area contributed by atoms with E-state index in [1.807, 2.05) is 25.1 Å². The summed E-state index contributed by atoms with van der Waals surface area (Å²) in [6.07, 6.45) is 2.23. The van der Waals surface area contributed by atoms with Gasteiger partial charge in [0.25, 0.3) is 0 Å². The molecule has 18 heavy (non-hydrogen) atoms. The lowest BCUT2D eigenvalue weighted by Gasteiger charge is -2.09. The van der Waals surface area contributed by atoms with E-state index in [0.29, 0.717) is 12.3 Å². The molecule has 0 aliphatic carbocycles. The molecule has 2 rings (SSSR count). The van der Waals surface area contributed by atoms with E-state index in [1.165, 1.54) is 10.9 Å². The zero-order valence-electron chi connectivity index (χ0n) is 9.97. The zero-order chi connectivity index (χ0) is 13.0. The fourth-order valence-corrected chi connectivity index (χ4v) is 1.68. The van der Waals surface area contributed by atoms with E-state index in [0.717, 1.165) is 6.42 Å². The van der Waals surface area contributed by atoms with E-state index in [-0.39, 0.29) is 16.3 Å². The zero-order valence-corrected chi connectivity index (χ0v) is 10.7. The van der Waals surface area contributed by atoms with Gasteiger partial charge in [-0.2, -0.15) is 9.78 Å². The average molecular weight is 265 g/mol. The smallest absolute Gasteiger partial charge is 0.315 e. The second-order valence-corrected chi connectivity index (χ2v) is 4.13. The second-order valence-electron chi connectivity index (χ2n) is 3.72. The molecule has 0 atom stereocenters. The molecule has 1 aromatic carbocycles. The standard InChI is InChI=1S/C13H13ClN2O2/c1-2-8-18-12-11(14)9-15-16(13(12)17)10-6-4-3-5-7-10/h3-7,9H,2,8H2,1H3. The van der Waals surface area contributed by atoms with Gasteiger partial charge in [0.05, 0.1) is 18.5 Å². The monoisotopic (exact) mass is 264 g/mol. The van der Waals surface area contributed by atoms with Crippen LogP contribution in [0.1, 0.15) is 13.3 Å². The number of hydrogen-bond donors (Lipinski definition) is 0. The van der Waals surface area contributed by atoms with Crippen molar-refractivity contribution < 1.29 is 4.74 Å². The van der Waals surface area contributed by atoms with Gasteiger partial charge in [-0.15, -0.1) is 0 Å². The van der Waals surface area contributed by atoms with Crippen molar-refractivity contribution in [2.24, 2.45) is 0 Å². The summed E-state index contributed by atoms with van der Waals surface area (Å²) in [6.45, 7) is 2.42. The highest BCUT2D eigenvalue weighted by atomic mass is 35.5. The first-order chi connectivity index (χ1) is 8.74. The number of hydrogen-bond acceptors (Lipinski definition) is 3. The van der Waals surface area contributed by atoms with Gasteiger partial charge in [0.15, 0.2) is 0 Å². The normalized spacial score (nSPS) is 10.3. The lowest BCUT2D eigenvalue weighted by atomic mass is 10.3. The SMILES string of the molecule is CCCOc1c(Cl)cnn(-c2ccccc2)c1=O. The van der Waals surface area contributed by atoms with Crippen molar-refractivity contribution in [1.29, 1.82) is 0 Å². The van der Waals surface area contributed by atoms with Crippen molar-refractivity contribution in [1.82, 2.24) is 9.78 Å². The van der Waals surface area contributed by atoms with E-state index in [4.69, 9.17) is 16.3 Å². The van der Waals surface area contributed by atoms with E-state index in [2.05, 4.69) is 5.10 Å². The van der Waals surface area contributed by atoms with Gasteiger partial charge in [-0.05, 0) is 18.6 Å². The highest BCUT2D eigenvalue weighted by molar-refractivity contribution is 6.31. The number of para-hydroxylation sites is 1. The maximum Gasteiger partial charge on any atom is 0.315 e. The molecule has 0 spiro atoms. The van der Waals surface area contributed by atoms with Gasteiger partial charge in [-0.1, -0.05) is 36.7 Å². The molecule has 0 aliphatic heterocycles. The summed E-state index contributed by atoms with van der Waals surface area (Å²) in [5.41, 5.74) is 0.336. The molecule has 4 nitrogen and oxygen atoms in total. The van der Waals surface area contributed by atoms with Crippen LogP contribution in [0.5, 0.6) is 5.75 Å². The Morgan fingerprint density at radius 1 is 1.33 bits per heavy atom. The number of halogens is 1. The van der Waals surface area contributed by atoms with Gasteiger partial charge in [-0.25, -0.2) is 0 Å². The molecule has 0 radical (unpaired) electrons. The van der Waals surface area contributed by atoms with Crippen molar-refractivity contribution >= 4 is 11.6 Å². The molecule has 0 unspecified atom stereocenters. The van der Waals surface area contributed by atoms with Crippen LogP contribution >= 0.6 is 11.6 Å². The lowest BCUT2D eigenvalue weighted by molar-refractivity contribution is 0.310. The van der Waals surface area contributed by atoms with Crippen molar-refractivity contribution in [3.05, 3.63) is 51.9 Å². The fraction of sp³-hybridized carbons (Fsp3) is 0.231. The Labute approximate surface area is 110 Å². The molecule has 94 valence electrons. The first kappa shape index (κ1) is 12.6. The summed E-state index contributed by atoms with van der Waals surface area (Å²) < 4.78 is 6.65. The van der Waals surface area contributed by atoms with Crippen molar-refractivity contribution in [2.45, 2.75) is 13.3 Å². The van der Waals surface area contributed by atoms with Crippen LogP contribution < -0.4 is 10.3 Å². The van der Waals surface area contributed by atoms with Crippen molar-refractivity contribution in [2.75, 3.05) is 6.61 Å². The summed E-state index contributed by atoms with van der Waals surface area (Å²) in [5.74, 6) is 0.150. The maximum absolute atomic E-state index is 12.2. The maximum atomic E-state index is 12.2. The van der Waals surface area contributed by atoms with Crippen LogP contribution in [0, 0.1) is 0 Å². The van der Waals surface area contributed by atoms with Crippen LogP contribution in [-0.2, 0) is 0 Å². The molecule has 0 fully saturated rings. The number of rotatable bonds is 4. The summed E-state index contributed by atoms with van der Waals surface area (Å²) in [6, 6.07) is 9.14.